The average Bonchev–Trinajstić information content (AvgIpc) is 2.29. The number of rotatable bonds is 4. The van der Waals surface area contributed by atoms with Crippen molar-refractivity contribution in [3.05, 3.63) is 28.8 Å². The molecular weight excluding hydrogens is 291 g/mol. The van der Waals surface area contributed by atoms with Gasteiger partial charge in [-0.3, -0.25) is 4.79 Å². The van der Waals surface area contributed by atoms with Gasteiger partial charge in [0.2, 0.25) is 0 Å². The number of carboxylic acids is 1. The molecule has 0 saturated carbocycles. The van der Waals surface area contributed by atoms with Gasteiger partial charge in [-0.2, -0.15) is 13.2 Å². The summed E-state index contributed by atoms with van der Waals surface area (Å²) in [5, 5.41) is 8.97. The Kier molecular flexibility index (Phi) is 4.21. The zero-order valence-electron chi connectivity index (χ0n) is 11.5. The molecule has 5 nitrogen and oxygen atoms in total. The number of carboxylic acid groups (broad SMARTS) is 1. The molecule has 0 unspecified atom stereocenters. The summed E-state index contributed by atoms with van der Waals surface area (Å²) in [6.45, 7) is 3.83. The topological polar surface area (TPSA) is 89.6 Å². The van der Waals surface area contributed by atoms with Crippen molar-refractivity contribution in [1.82, 2.24) is 0 Å². The van der Waals surface area contributed by atoms with Crippen LogP contribution in [0, 0.1) is 6.92 Å². The first-order valence-corrected chi connectivity index (χ1v) is 5.80. The summed E-state index contributed by atoms with van der Waals surface area (Å²) < 4.78 is 43.6. The Morgan fingerprint density at radius 1 is 1.24 bits per heavy atom. The normalized spacial score (nSPS) is 12.1. The van der Waals surface area contributed by atoms with E-state index in [0.29, 0.717) is 12.1 Å². The van der Waals surface area contributed by atoms with Crippen LogP contribution < -0.4 is 10.5 Å². The molecule has 1 aromatic carbocycles. The van der Waals surface area contributed by atoms with Crippen LogP contribution in [0.5, 0.6) is 5.75 Å². The van der Waals surface area contributed by atoms with Crippen LogP contribution in [0.2, 0.25) is 0 Å². The van der Waals surface area contributed by atoms with Crippen LogP contribution >= 0.6 is 0 Å². The minimum Gasteiger partial charge on any atom is -0.478 e. The lowest BCUT2D eigenvalue weighted by Crippen LogP contribution is -2.43. The first-order chi connectivity index (χ1) is 9.36. The van der Waals surface area contributed by atoms with Gasteiger partial charge in [0.25, 0.3) is 5.91 Å². The van der Waals surface area contributed by atoms with E-state index in [2.05, 4.69) is 0 Å². The molecule has 1 amide bonds. The van der Waals surface area contributed by atoms with Crippen LogP contribution in [-0.2, 0) is 11.0 Å². The van der Waals surface area contributed by atoms with Crippen LogP contribution in [0.3, 0.4) is 0 Å². The number of alkyl halides is 3. The fraction of sp³-hybridized carbons (Fsp3) is 0.385. The summed E-state index contributed by atoms with van der Waals surface area (Å²) in [4.78, 5) is 22.2. The summed E-state index contributed by atoms with van der Waals surface area (Å²) in [5.41, 5.74) is 1.75. The lowest BCUT2D eigenvalue weighted by Gasteiger charge is -2.25. The minimum atomic E-state index is -4.74. The number of aromatic carboxylic acids is 1. The predicted octanol–water partition coefficient (Wildman–Crippen LogP) is 2.35. The second-order valence-electron chi connectivity index (χ2n) is 4.93. The molecule has 0 atom stereocenters. The molecule has 0 aliphatic rings. The third-order valence-corrected chi connectivity index (χ3v) is 2.88. The molecule has 3 N–H and O–H groups in total. The van der Waals surface area contributed by atoms with Crippen molar-refractivity contribution in [2.45, 2.75) is 32.5 Å². The van der Waals surface area contributed by atoms with E-state index in [4.69, 9.17) is 15.6 Å². The molecule has 21 heavy (non-hydrogen) atoms. The number of hydrogen-bond acceptors (Lipinski definition) is 3. The van der Waals surface area contributed by atoms with Gasteiger partial charge in [0.15, 0.2) is 5.60 Å². The highest BCUT2D eigenvalue weighted by Gasteiger charge is 2.35. The van der Waals surface area contributed by atoms with Crippen LogP contribution in [0.1, 0.15) is 35.3 Å². The molecule has 0 saturated heterocycles. The van der Waals surface area contributed by atoms with Gasteiger partial charge >= 0.3 is 12.1 Å². The van der Waals surface area contributed by atoms with Gasteiger partial charge in [-0.05, 0) is 32.9 Å². The number of halogens is 3. The van der Waals surface area contributed by atoms with E-state index in [9.17, 15) is 22.8 Å². The Morgan fingerprint density at radius 2 is 1.76 bits per heavy atom. The molecule has 1 rings (SSSR count). The second kappa shape index (κ2) is 5.27. The number of amides is 1. The Labute approximate surface area is 118 Å². The van der Waals surface area contributed by atoms with Gasteiger partial charge in [0.1, 0.15) is 5.75 Å². The first-order valence-electron chi connectivity index (χ1n) is 5.80. The Hall–Kier alpha value is -2.25. The molecule has 116 valence electrons. The fourth-order valence-electron chi connectivity index (χ4n) is 1.50. The SMILES string of the molecule is Cc1c(OC(C)(C)C(N)=O)cc(C(F)(F)F)cc1C(=O)O. The molecule has 0 aliphatic carbocycles. The minimum absolute atomic E-state index is 0.0233. The van der Waals surface area contributed by atoms with Crippen LogP contribution in [0.15, 0.2) is 12.1 Å². The highest BCUT2D eigenvalue weighted by atomic mass is 19.4. The zero-order chi connectivity index (χ0) is 16.6. The van der Waals surface area contributed by atoms with Gasteiger partial charge in [0.05, 0.1) is 11.1 Å². The lowest BCUT2D eigenvalue weighted by molar-refractivity contribution is -0.137. The summed E-state index contributed by atoms with van der Waals surface area (Å²) in [6, 6.07) is 1.16. The summed E-state index contributed by atoms with van der Waals surface area (Å²) >= 11 is 0. The van der Waals surface area contributed by atoms with E-state index >= 15 is 0 Å². The standard InChI is InChI=1S/C13H14F3NO4/c1-6-8(10(18)19)4-7(13(14,15)16)5-9(6)21-12(2,3)11(17)20/h4-5H,1-3H3,(H2,17,20)(H,18,19). The number of benzene rings is 1. The van der Waals surface area contributed by atoms with Crippen LogP contribution in [-0.4, -0.2) is 22.6 Å². The Morgan fingerprint density at radius 3 is 2.14 bits per heavy atom. The number of primary amides is 1. The Balaban J connectivity index is 3.47. The number of nitrogens with two attached hydrogens (primary N) is 1. The van der Waals surface area contributed by atoms with Gasteiger partial charge in [-0.15, -0.1) is 0 Å². The van der Waals surface area contributed by atoms with Gasteiger partial charge < -0.3 is 15.6 Å². The quantitative estimate of drug-likeness (QED) is 0.893. The van der Waals surface area contributed by atoms with Gasteiger partial charge in [-0.1, -0.05) is 0 Å². The molecule has 0 aliphatic heterocycles. The van der Waals surface area contributed by atoms with Crippen molar-refractivity contribution in [2.75, 3.05) is 0 Å². The Bertz CT molecular complexity index is 594. The largest absolute Gasteiger partial charge is 0.478 e. The van der Waals surface area contributed by atoms with Crippen LogP contribution in [0.4, 0.5) is 13.2 Å². The van der Waals surface area contributed by atoms with E-state index in [1.165, 1.54) is 20.8 Å². The maximum absolute atomic E-state index is 12.8. The summed E-state index contributed by atoms with van der Waals surface area (Å²) in [7, 11) is 0. The third-order valence-electron chi connectivity index (χ3n) is 2.88. The molecule has 0 radical (unpaired) electrons. The van der Waals surface area contributed by atoms with E-state index in [0.717, 1.165) is 0 Å². The summed E-state index contributed by atoms with van der Waals surface area (Å²) in [5.74, 6) is -2.78. The van der Waals surface area contributed by atoms with Crippen molar-refractivity contribution in [3.63, 3.8) is 0 Å². The fourth-order valence-corrected chi connectivity index (χ4v) is 1.50. The molecule has 0 aromatic heterocycles. The monoisotopic (exact) mass is 305 g/mol. The first kappa shape index (κ1) is 16.8. The number of ether oxygens (including phenoxy) is 1. The van der Waals surface area contributed by atoms with E-state index in [1.807, 2.05) is 0 Å². The molecule has 0 spiro atoms. The van der Waals surface area contributed by atoms with Crippen molar-refractivity contribution < 1.29 is 32.6 Å². The number of hydrogen-bond donors (Lipinski definition) is 2. The highest BCUT2D eigenvalue weighted by Crippen LogP contribution is 2.36. The number of carbonyl (C=O) groups excluding carboxylic acids is 1. The maximum Gasteiger partial charge on any atom is 0.416 e. The third kappa shape index (κ3) is 3.65. The molecule has 0 heterocycles. The zero-order valence-corrected chi connectivity index (χ0v) is 11.5. The molecular formula is C13H14F3NO4. The molecule has 8 heteroatoms. The second-order valence-corrected chi connectivity index (χ2v) is 4.93. The van der Waals surface area contributed by atoms with E-state index in [1.54, 1.807) is 0 Å². The van der Waals surface area contributed by atoms with Gasteiger partial charge in [0, 0.05) is 5.56 Å². The van der Waals surface area contributed by atoms with E-state index in [-0.39, 0.29) is 11.3 Å². The maximum atomic E-state index is 12.8. The molecule has 0 fully saturated rings. The average molecular weight is 305 g/mol. The lowest BCUT2D eigenvalue weighted by atomic mass is 10.0. The predicted molar refractivity (Wildman–Crippen MR) is 67.0 cm³/mol. The molecule has 1 aromatic rings. The van der Waals surface area contributed by atoms with Crippen molar-refractivity contribution in [1.29, 1.82) is 0 Å². The van der Waals surface area contributed by atoms with Crippen molar-refractivity contribution >= 4 is 11.9 Å². The summed E-state index contributed by atoms with van der Waals surface area (Å²) in [6.07, 6.45) is -4.74. The van der Waals surface area contributed by atoms with Crippen molar-refractivity contribution in [3.8, 4) is 5.75 Å². The van der Waals surface area contributed by atoms with Crippen molar-refractivity contribution in [2.24, 2.45) is 5.73 Å². The van der Waals surface area contributed by atoms with E-state index < -0.39 is 34.8 Å². The smallest absolute Gasteiger partial charge is 0.416 e. The van der Waals surface area contributed by atoms with Crippen LogP contribution in [0.25, 0.3) is 0 Å². The highest BCUT2D eigenvalue weighted by molar-refractivity contribution is 5.90. The molecule has 0 bridgehead atoms. The van der Waals surface area contributed by atoms with Gasteiger partial charge in [-0.25, -0.2) is 4.79 Å². The number of carbonyl (C=O) groups is 2.